The molecule has 0 aromatic carbocycles. The van der Waals surface area contributed by atoms with Crippen molar-refractivity contribution in [3.63, 3.8) is 0 Å². The van der Waals surface area contributed by atoms with E-state index in [2.05, 4.69) is 30.4 Å². The summed E-state index contributed by atoms with van der Waals surface area (Å²) in [5, 5.41) is 12.7. The molecule has 0 fully saturated rings. The maximum atomic E-state index is 11.5. The van der Waals surface area contributed by atoms with Gasteiger partial charge in [0.25, 0.3) is 5.91 Å². The molecule has 0 spiro atoms. The van der Waals surface area contributed by atoms with Crippen LogP contribution in [0.25, 0.3) is 0 Å². The Balaban J connectivity index is 1.96. The molecular weight excluding hydrogens is 216 g/mol. The van der Waals surface area contributed by atoms with E-state index in [0.29, 0.717) is 11.7 Å². The number of nitrogens with two attached hydrogens (primary N) is 1. The highest BCUT2D eigenvalue weighted by Gasteiger charge is 2.16. The van der Waals surface area contributed by atoms with Gasteiger partial charge in [-0.1, -0.05) is 5.16 Å². The molecule has 0 atom stereocenters. The second kappa shape index (κ2) is 3.96. The van der Waals surface area contributed by atoms with Crippen molar-refractivity contribution >= 4 is 11.7 Å². The Labute approximate surface area is 89.0 Å². The number of hydrogen-bond donors (Lipinski definition) is 2. The van der Waals surface area contributed by atoms with Crippen LogP contribution >= 0.6 is 0 Å². The average Bonchev–Trinajstić information content (AvgIpc) is 2.84. The number of hydrogen-bond acceptors (Lipinski definition) is 8. The van der Waals surface area contributed by atoms with Crippen molar-refractivity contribution in [3.8, 4) is 0 Å². The van der Waals surface area contributed by atoms with Gasteiger partial charge in [0.2, 0.25) is 17.4 Å². The van der Waals surface area contributed by atoms with Gasteiger partial charge in [0.1, 0.15) is 0 Å². The zero-order valence-corrected chi connectivity index (χ0v) is 8.30. The van der Waals surface area contributed by atoms with Crippen molar-refractivity contribution in [2.24, 2.45) is 0 Å². The third-order valence-corrected chi connectivity index (χ3v) is 1.71. The molecule has 0 saturated heterocycles. The van der Waals surface area contributed by atoms with Gasteiger partial charge < -0.3 is 15.6 Å². The van der Waals surface area contributed by atoms with Gasteiger partial charge in [0.05, 0.1) is 6.54 Å². The van der Waals surface area contributed by atoms with Gasteiger partial charge in [-0.2, -0.15) is 4.98 Å². The minimum absolute atomic E-state index is 0.0678. The van der Waals surface area contributed by atoms with Crippen LogP contribution in [0.4, 0.5) is 5.82 Å². The van der Waals surface area contributed by atoms with E-state index in [0.717, 1.165) is 0 Å². The molecule has 0 radical (unpaired) electrons. The quantitative estimate of drug-likeness (QED) is 0.697. The SMILES string of the molecule is Cc1nc(CNC(=O)c2nonc2N)no1. The molecule has 9 nitrogen and oxygen atoms in total. The number of anilines is 1. The maximum absolute atomic E-state index is 11.5. The Bertz CT molecular complexity index is 504. The summed E-state index contributed by atoms with van der Waals surface area (Å²) in [6.07, 6.45) is 0. The third-order valence-electron chi connectivity index (χ3n) is 1.71. The molecule has 0 aliphatic heterocycles. The number of carbonyl (C=O) groups excluding carboxylic acids is 1. The maximum Gasteiger partial charge on any atom is 0.277 e. The van der Waals surface area contributed by atoms with Crippen molar-refractivity contribution in [1.82, 2.24) is 25.8 Å². The lowest BCUT2D eigenvalue weighted by atomic mass is 10.4. The summed E-state index contributed by atoms with van der Waals surface area (Å²) in [4.78, 5) is 15.4. The van der Waals surface area contributed by atoms with Crippen molar-refractivity contribution < 1.29 is 13.9 Å². The van der Waals surface area contributed by atoms with E-state index < -0.39 is 5.91 Å². The molecule has 0 bridgehead atoms. The molecule has 0 saturated carbocycles. The lowest BCUT2D eigenvalue weighted by Gasteiger charge is -1.97. The summed E-state index contributed by atoms with van der Waals surface area (Å²) in [5.41, 5.74) is 5.27. The first-order chi connectivity index (χ1) is 7.66. The Kier molecular flexibility index (Phi) is 2.50. The van der Waals surface area contributed by atoms with Gasteiger partial charge >= 0.3 is 0 Å². The first-order valence-electron chi connectivity index (χ1n) is 4.32. The molecule has 84 valence electrons. The van der Waals surface area contributed by atoms with Crippen LogP contribution in [-0.2, 0) is 6.54 Å². The fraction of sp³-hybridized carbons (Fsp3) is 0.286. The van der Waals surface area contributed by atoms with Crippen molar-refractivity contribution in [3.05, 3.63) is 17.4 Å². The summed E-state index contributed by atoms with van der Waals surface area (Å²) in [7, 11) is 0. The average molecular weight is 224 g/mol. The van der Waals surface area contributed by atoms with Crippen molar-refractivity contribution in [2.45, 2.75) is 13.5 Å². The van der Waals surface area contributed by atoms with Crippen LogP contribution in [0, 0.1) is 6.92 Å². The summed E-state index contributed by atoms with van der Waals surface area (Å²) in [5.74, 6) is 0.204. The van der Waals surface area contributed by atoms with E-state index in [1.165, 1.54) is 0 Å². The van der Waals surface area contributed by atoms with Crippen molar-refractivity contribution in [2.75, 3.05) is 5.73 Å². The summed E-state index contributed by atoms with van der Waals surface area (Å²) in [6.45, 7) is 1.76. The minimum Gasteiger partial charge on any atom is -0.379 e. The zero-order valence-electron chi connectivity index (χ0n) is 8.30. The van der Waals surface area contributed by atoms with E-state index in [-0.39, 0.29) is 18.1 Å². The lowest BCUT2D eigenvalue weighted by molar-refractivity contribution is 0.0940. The van der Waals surface area contributed by atoms with E-state index in [1.54, 1.807) is 6.92 Å². The Morgan fingerprint density at radius 2 is 2.25 bits per heavy atom. The van der Waals surface area contributed by atoms with Crippen LogP contribution in [0.3, 0.4) is 0 Å². The molecule has 1 amide bonds. The van der Waals surface area contributed by atoms with Crippen LogP contribution in [0.15, 0.2) is 9.15 Å². The standard InChI is InChI=1S/C7H8N6O3/c1-3-10-4(11-15-3)2-9-7(14)5-6(8)13-16-12-5/h2H2,1H3,(H2,8,13)(H,9,14). The van der Waals surface area contributed by atoms with Crippen LogP contribution in [0.5, 0.6) is 0 Å². The van der Waals surface area contributed by atoms with Gasteiger partial charge in [-0.15, -0.1) is 0 Å². The van der Waals surface area contributed by atoms with Crippen LogP contribution in [-0.4, -0.2) is 26.4 Å². The molecule has 3 N–H and O–H groups in total. The van der Waals surface area contributed by atoms with E-state index in [1.807, 2.05) is 0 Å². The second-order valence-corrected chi connectivity index (χ2v) is 2.91. The Morgan fingerprint density at radius 3 is 2.81 bits per heavy atom. The highest BCUT2D eigenvalue weighted by Crippen LogP contribution is 2.03. The molecule has 0 unspecified atom stereocenters. The van der Waals surface area contributed by atoms with Gasteiger partial charge in [-0.3, -0.25) is 4.79 Å². The number of nitrogens with zero attached hydrogens (tertiary/aromatic N) is 4. The molecular formula is C7H8N6O3. The molecule has 2 rings (SSSR count). The molecule has 9 heteroatoms. The number of nitrogen functional groups attached to an aromatic ring is 1. The first-order valence-corrected chi connectivity index (χ1v) is 4.32. The normalized spacial score (nSPS) is 10.3. The minimum atomic E-state index is -0.513. The molecule has 2 heterocycles. The van der Waals surface area contributed by atoms with Gasteiger partial charge in [0.15, 0.2) is 5.82 Å². The van der Waals surface area contributed by atoms with Gasteiger partial charge in [-0.05, 0) is 10.3 Å². The molecule has 0 aliphatic carbocycles. The predicted octanol–water partition coefficient (Wildman–Crippen LogP) is -0.727. The monoisotopic (exact) mass is 224 g/mol. The van der Waals surface area contributed by atoms with Gasteiger partial charge in [-0.25, -0.2) is 4.63 Å². The number of aryl methyl sites for hydroxylation is 1. The smallest absolute Gasteiger partial charge is 0.277 e. The van der Waals surface area contributed by atoms with Gasteiger partial charge in [0, 0.05) is 6.92 Å². The zero-order chi connectivity index (χ0) is 11.5. The van der Waals surface area contributed by atoms with Crippen LogP contribution in [0.1, 0.15) is 22.2 Å². The molecule has 0 aliphatic rings. The van der Waals surface area contributed by atoms with E-state index in [9.17, 15) is 4.79 Å². The largest absolute Gasteiger partial charge is 0.379 e. The first kappa shape index (κ1) is 10.1. The predicted molar refractivity (Wildman–Crippen MR) is 48.9 cm³/mol. The third kappa shape index (κ3) is 1.97. The second-order valence-electron chi connectivity index (χ2n) is 2.91. The Morgan fingerprint density at radius 1 is 1.44 bits per heavy atom. The summed E-state index contributed by atoms with van der Waals surface area (Å²) < 4.78 is 9.01. The Hall–Kier alpha value is -2.45. The van der Waals surface area contributed by atoms with E-state index in [4.69, 9.17) is 10.3 Å². The summed E-state index contributed by atoms with van der Waals surface area (Å²) >= 11 is 0. The highest BCUT2D eigenvalue weighted by atomic mass is 16.6. The number of amides is 1. The summed E-state index contributed by atoms with van der Waals surface area (Å²) in [6, 6.07) is 0. The lowest BCUT2D eigenvalue weighted by Crippen LogP contribution is -2.24. The van der Waals surface area contributed by atoms with Crippen LogP contribution < -0.4 is 11.1 Å². The highest BCUT2D eigenvalue weighted by molar-refractivity contribution is 5.95. The number of carbonyl (C=O) groups is 1. The molecule has 2 aromatic heterocycles. The molecule has 2 aromatic rings. The van der Waals surface area contributed by atoms with Crippen LogP contribution in [0.2, 0.25) is 0 Å². The number of nitrogens with one attached hydrogen (secondary N) is 1. The fourth-order valence-electron chi connectivity index (χ4n) is 1.01. The topological polar surface area (TPSA) is 133 Å². The number of aromatic nitrogens is 4. The van der Waals surface area contributed by atoms with Crippen molar-refractivity contribution in [1.29, 1.82) is 0 Å². The molecule has 16 heavy (non-hydrogen) atoms. The fourth-order valence-corrected chi connectivity index (χ4v) is 1.01. The van der Waals surface area contributed by atoms with E-state index >= 15 is 0 Å². The number of rotatable bonds is 3.